The van der Waals surface area contributed by atoms with Crippen molar-refractivity contribution in [3.05, 3.63) is 46.2 Å². The molecule has 2 aromatic rings. The Balaban J connectivity index is 1.79. The van der Waals surface area contributed by atoms with Gasteiger partial charge < -0.3 is 16.0 Å². The molecule has 1 aromatic carbocycles. The van der Waals surface area contributed by atoms with Crippen LogP contribution in [-0.2, 0) is 11.3 Å². The molecule has 0 radical (unpaired) electrons. The van der Waals surface area contributed by atoms with Crippen LogP contribution in [0, 0.1) is 0 Å². The van der Waals surface area contributed by atoms with Gasteiger partial charge in [0.25, 0.3) is 0 Å². The lowest BCUT2D eigenvalue weighted by Crippen LogP contribution is -2.54. The number of carbonyl (C=O) groups excluding carboxylic acids is 1. The monoisotopic (exact) mass is 299 g/mol. The normalized spacial score (nSPS) is 17.3. The third-order valence-corrected chi connectivity index (χ3v) is 4.47. The molecule has 116 valence electrons. The Morgan fingerprint density at radius 3 is 2.73 bits per heavy atom. The Kier molecular flexibility index (Phi) is 3.98. The van der Waals surface area contributed by atoms with Gasteiger partial charge in [0.2, 0.25) is 11.5 Å². The van der Waals surface area contributed by atoms with Crippen molar-refractivity contribution in [3.8, 4) is 0 Å². The molecule has 0 bridgehead atoms. The van der Waals surface area contributed by atoms with Crippen molar-refractivity contribution in [3.63, 3.8) is 0 Å². The van der Waals surface area contributed by atoms with Crippen molar-refractivity contribution in [1.29, 1.82) is 0 Å². The Morgan fingerprint density at radius 2 is 1.95 bits per heavy atom. The van der Waals surface area contributed by atoms with E-state index in [2.05, 4.69) is 10.3 Å². The van der Waals surface area contributed by atoms with Crippen molar-refractivity contribution >= 4 is 16.8 Å². The first-order chi connectivity index (χ1) is 10.6. The van der Waals surface area contributed by atoms with Crippen molar-refractivity contribution in [2.75, 3.05) is 0 Å². The van der Waals surface area contributed by atoms with E-state index in [1.165, 1.54) is 6.07 Å². The van der Waals surface area contributed by atoms with Gasteiger partial charge in [-0.25, -0.2) is 0 Å². The molecule has 5 heteroatoms. The number of carbonyl (C=O) groups is 1. The van der Waals surface area contributed by atoms with Gasteiger partial charge in [-0.2, -0.15) is 0 Å². The first-order valence-corrected chi connectivity index (χ1v) is 7.77. The van der Waals surface area contributed by atoms with Crippen LogP contribution in [-0.4, -0.2) is 16.4 Å². The highest BCUT2D eigenvalue weighted by Crippen LogP contribution is 2.26. The first-order valence-electron chi connectivity index (χ1n) is 7.77. The zero-order valence-electron chi connectivity index (χ0n) is 12.5. The molecular weight excluding hydrogens is 278 g/mol. The largest absolute Gasteiger partial charge is 0.350 e. The summed E-state index contributed by atoms with van der Waals surface area (Å²) in [5.74, 6) is -0.114. The first kappa shape index (κ1) is 14.8. The Labute approximate surface area is 128 Å². The van der Waals surface area contributed by atoms with E-state index in [9.17, 15) is 9.59 Å². The van der Waals surface area contributed by atoms with E-state index >= 15 is 0 Å². The van der Waals surface area contributed by atoms with Gasteiger partial charge in [-0.05, 0) is 24.5 Å². The van der Waals surface area contributed by atoms with Gasteiger partial charge in [0, 0.05) is 23.5 Å². The number of nitrogens with one attached hydrogen (secondary N) is 2. The number of nitrogens with two attached hydrogens (primary N) is 1. The lowest BCUT2D eigenvalue weighted by molar-refractivity contribution is -0.127. The summed E-state index contributed by atoms with van der Waals surface area (Å²) in [6.07, 6.45) is 4.60. The van der Waals surface area contributed by atoms with Gasteiger partial charge in [-0.15, -0.1) is 0 Å². The van der Waals surface area contributed by atoms with E-state index in [-0.39, 0.29) is 11.5 Å². The molecule has 1 amide bonds. The topological polar surface area (TPSA) is 88.0 Å². The minimum Gasteiger partial charge on any atom is -0.350 e. The average molecular weight is 299 g/mol. The van der Waals surface area contributed by atoms with Crippen molar-refractivity contribution in [2.45, 2.75) is 44.2 Å². The van der Waals surface area contributed by atoms with E-state index in [0.29, 0.717) is 6.54 Å². The molecule has 0 unspecified atom stereocenters. The van der Waals surface area contributed by atoms with Crippen molar-refractivity contribution < 1.29 is 4.79 Å². The van der Waals surface area contributed by atoms with Crippen LogP contribution < -0.4 is 16.6 Å². The summed E-state index contributed by atoms with van der Waals surface area (Å²) < 4.78 is 0. The molecule has 0 aliphatic heterocycles. The highest BCUT2D eigenvalue weighted by molar-refractivity contribution is 5.87. The fourth-order valence-electron chi connectivity index (χ4n) is 3.18. The minimum atomic E-state index is -0.755. The molecule has 0 atom stereocenters. The molecule has 5 nitrogen and oxygen atoms in total. The molecule has 0 saturated heterocycles. The maximum atomic E-state index is 12.4. The third kappa shape index (κ3) is 2.90. The third-order valence-electron chi connectivity index (χ3n) is 4.47. The maximum absolute atomic E-state index is 12.4. The zero-order chi connectivity index (χ0) is 15.6. The predicted octanol–water partition coefficient (Wildman–Crippen LogP) is 1.81. The van der Waals surface area contributed by atoms with Crippen molar-refractivity contribution in [2.24, 2.45) is 5.73 Å². The molecule has 1 aliphatic carbocycles. The lowest BCUT2D eigenvalue weighted by Gasteiger charge is -2.31. The molecule has 3 rings (SSSR count). The molecule has 1 fully saturated rings. The number of aromatic nitrogens is 1. The summed E-state index contributed by atoms with van der Waals surface area (Å²) in [6, 6.07) is 9.11. The second kappa shape index (κ2) is 5.93. The molecule has 0 spiro atoms. The van der Waals surface area contributed by atoms with Crippen LogP contribution in [0.25, 0.3) is 10.9 Å². The van der Waals surface area contributed by atoms with Gasteiger partial charge in [-0.1, -0.05) is 37.5 Å². The summed E-state index contributed by atoms with van der Waals surface area (Å²) >= 11 is 0. The summed E-state index contributed by atoms with van der Waals surface area (Å²) in [7, 11) is 0. The number of hydrogen-bond donors (Lipinski definition) is 3. The Bertz CT molecular complexity index is 745. The van der Waals surface area contributed by atoms with Gasteiger partial charge in [0.05, 0.1) is 5.54 Å². The number of H-pyrrole nitrogens is 1. The quantitative estimate of drug-likeness (QED) is 0.807. The summed E-state index contributed by atoms with van der Waals surface area (Å²) in [6.45, 7) is 0.322. The number of aromatic amines is 1. The predicted molar refractivity (Wildman–Crippen MR) is 86.4 cm³/mol. The van der Waals surface area contributed by atoms with Crippen LogP contribution in [0.15, 0.2) is 35.1 Å². The SMILES string of the molecule is NC1(C(=O)NCc2cc(=O)[nH]c3ccccc23)CCCCC1. The van der Waals surface area contributed by atoms with E-state index in [1.807, 2.05) is 24.3 Å². The minimum absolute atomic E-state index is 0.114. The highest BCUT2D eigenvalue weighted by atomic mass is 16.2. The van der Waals surface area contributed by atoms with Crippen LogP contribution in [0.5, 0.6) is 0 Å². The molecule has 1 aromatic heterocycles. The highest BCUT2D eigenvalue weighted by Gasteiger charge is 2.34. The van der Waals surface area contributed by atoms with E-state index in [4.69, 9.17) is 5.73 Å². The molecular formula is C17H21N3O2. The summed E-state index contributed by atoms with van der Waals surface area (Å²) in [5, 5.41) is 3.85. The Hall–Kier alpha value is -2.14. The molecule has 1 saturated carbocycles. The number of pyridine rings is 1. The number of hydrogen-bond acceptors (Lipinski definition) is 3. The van der Waals surface area contributed by atoms with E-state index < -0.39 is 5.54 Å². The fraction of sp³-hybridized carbons (Fsp3) is 0.412. The molecule has 1 heterocycles. The zero-order valence-corrected chi connectivity index (χ0v) is 12.5. The van der Waals surface area contributed by atoms with Crippen LogP contribution in [0.3, 0.4) is 0 Å². The van der Waals surface area contributed by atoms with Gasteiger partial charge in [-0.3, -0.25) is 9.59 Å². The van der Waals surface area contributed by atoms with E-state index in [0.717, 1.165) is 48.6 Å². The number of benzene rings is 1. The molecule has 1 aliphatic rings. The number of amides is 1. The lowest BCUT2D eigenvalue weighted by atomic mass is 9.82. The van der Waals surface area contributed by atoms with Crippen LogP contribution in [0.2, 0.25) is 0 Å². The second-order valence-corrected chi connectivity index (χ2v) is 6.10. The molecule has 22 heavy (non-hydrogen) atoms. The van der Waals surface area contributed by atoms with Gasteiger partial charge in [0.15, 0.2) is 0 Å². The van der Waals surface area contributed by atoms with Crippen LogP contribution in [0.4, 0.5) is 0 Å². The van der Waals surface area contributed by atoms with Crippen LogP contribution >= 0.6 is 0 Å². The average Bonchev–Trinajstić information content (AvgIpc) is 2.52. The summed E-state index contributed by atoms with van der Waals surface area (Å²) in [5.41, 5.74) is 6.90. The maximum Gasteiger partial charge on any atom is 0.248 e. The Morgan fingerprint density at radius 1 is 1.23 bits per heavy atom. The second-order valence-electron chi connectivity index (χ2n) is 6.10. The van der Waals surface area contributed by atoms with Crippen LogP contribution in [0.1, 0.15) is 37.7 Å². The smallest absolute Gasteiger partial charge is 0.248 e. The van der Waals surface area contributed by atoms with Gasteiger partial charge >= 0.3 is 0 Å². The van der Waals surface area contributed by atoms with Crippen molar-refractivity contribution in [1.82, 2.24) is 10.3 Å². The summed E-state index contributed by atoms with van der Waals surface area (Å²) in [4.78, 5) is 26.9. The number of fused-ring (bicyclic) bond motifs is 1. The van der Waals surface area contributed by atoms with E-state index in [1.54, 1.807) is 0 Å². The number of para-hydroxylation sites is 1. The standard InChI is InChI=1S/C17H21N3O2/c18-17(8-4-1-5-9-17)16(22)19-11-12-10-15(21)20-14-7-3-2-6-13(12)14/h2-3,6-7,10H,1,4-5,8-9,11,18H2,(H,19,22)(H,20,21). The number of rotatable bonds is 3. The fourth-order valence-corrected chi connectivity index (χ4v) is 3.18. The molecule has 4 N–H and O–H groups in total. The van der Waals surface area contributed by atoms with Gasteiger partial charge in [0.1, 0.15) is 0 Å².